The van der Waals surface area contributed by atoms with Crippen molar-refractivity contribution in [3.8, 4) is 11.5 Å². The van der Waals surface area contributed by atoms with Gasteiger partial charge >= 0.3 is 0 Å². The number of benzene rings is 1. The summed E-state index contributed by atoms with van der Waals surface area (Å²) in [5.74, 6) is 0.974. The average molecular weight is 427 g/mol. The van der Waals surface area contributed by atoms with Gasteiger partial charge in [-0.1, -0.05) is 0 Å². The van der Waals surface area contributed by atoms with Gasteiger partial charge in [0.15, 0.2) is 11.5 Å². The van der Waals surface area contributed by atoms with Crippen LogP contribution in [-0.2, 0) is 0 Å². The molecule has 0 bridgehead atoms. The lowest BCUT2D eigenvalue weighted by molar-refractivity contribution is 0.0954. The van der Waals surface area contributed by atoms with Crippen molar-refractivity contribution in [3.05, 3.63) is 50.7 Å². The number of nitrogens with one attached hydrogen (secondary N) is 1. The van der Waals surface area contributed by atoms with Crippen LogP contribution in [-0.4, -0.2) is 23.9 Å². The summed E-state index contributed by atoms with van der Waals surface area (Å²) in [4.78, 5) is 15.8. The number of hydrogen-bond donors (Lipinski definition) is 1. The first-order valence-corrected chi connectivity index (χ1v) is 7.75. The molecule has 3 rings (SSSR count). The van der Waals surface area contributed by atoms with Gasteiger partial charge in [0.25, 0.3) is 5.91 Å². The van der Waals surface area contributed by atoms with E-state index in [0.717, 1.165) is 14.5 Å². The number of aromatic nitrogens is 1. The van der Waals surface area contributed by atoms with Gasteiger partial charge in [0.05, 0.1) is 11.8 Å². The normalized spacial score (nSPS) is 12.6. The van der Waals surface area contributed by atoms with Crippen LogP contribution in [0.25, 0.3) is 0 Å². The van der Waals surface area contributed by atoms with E-state index in [9.17, 15) is 4.79 Å². The summed E-state index contributed by atoms with van der Waals surface area (Å²) in [6, 6.07) is 5.24. The Kier molecular flexibility index (Phi) is 4.39. The number of fused-ring (bicyclic) bond motifs is 1. The van der Waals surface area contributed by atoms with Crippen molar-refractivity contribution in [1.82, 2.24) is 10.4 Å². The maximum absolute atomic E-state index is 11.9. The largest absolute Gasteiger partial charge is 0.454 e. The van der Waals surface area contributed by atoms with Crippen molar-refractivity contribution in [3.63, 3.8) is 0 Å². The van der Waals surface area contributed by atoms with Crippen molar-refractivity contribution in [2.24, 2.45) is 5.10 Å². The number of nitrogens with zero attached hydrogens (tertiary/aromatic N) is 2. The Hall–Kier alpha value is -1.93. The number of hydrazone groups is 1. The van der Waals surface area contributed by atoms with E-state index in [4.69, 9.17) is 9.47 Å². The van der Waals surface area contributed by atoms with Crippen LogP contribution >= 0.6 is 31.9 Å². The summed E-state index contributed by atoms with van der Waals surface area (Å²) in [6.45, 7) is 0.203. The molecule has 112 valence electrons. The number of hydrogen-bond acceptors (Lipinski definition) is 5. The Morgan fingerprint density at radius 2 is 2.00 bits per heavy atom. The third-order valence-corrected chi connectivity index (χ3v) is 3.95. The molecular weight excluding hydrogens is 418 g/mol. The van der Waals surface area contributed by atoms with Crippen LogP contribution in [0.5, 0.6) is 11.5 Å². The lowest BCUT2D eigenvalue weighted by Crippen LogP contribution is -2.17. The van der Waals surface area contributed by atoms with Gasteiger partial charge in [-0.05, 0) is 50.1 Å². The lowest BCUT2D eigenvalue weighted by atomic mass is 10.2. The molecule has 2 aromatic rings. The standard InChI is InChI=1S/C14H9Br2N3O3/c15-10-1-9(4-17-6-10)14(20)19-18-5-8-2-12-13(3-11(8)16)22-7-21-12/h1-6H,7H2,(H,19,20)/b18-5-. The van der Waals surface area contributed by atoms with E-state index >= 15 is 0 Å². The number of ether oxygens (including phenoxy) is 2. The molecule has 8 heteroatoms. The van der Waals surface area contributed by atoms with Crippen molar-refractivity contribution < 1.29 is 14.3 Å². The van der Waals surface area contributed by atoms with Crippen LogP contribution in [0.1, 0.15) is 15.9 Å². The van der Waals surface area contributed by atoms with E-state index in [1.54, 1.807) is 24.4 Å². The fraction of sp³-hybridized carbons (Fsp3) is 0.0714. The van der Waals surface area contributed by atoms with E-state index in [1.165, 1.54) is 12.4 Å². The predicted octanol–water partition coefficient (Wildman–Crippen LogP) is 3.10. The molecule has 0 saturated carbocycles. The Labute approximate surface area is 142 Å². The van der Waals surface area contributed by atoms with Crippen molar-refractivity contribution in [2.75, 3.05) is 6.79 Å². The first-order chi connectivity index (χ1) is 10.6. The minimum absolute atomic E-state index is 0.203. The second kappa shape index (κ2) is 6.45. The highest BCUT2D eigenvalue weighted by atomic mass is 79.9. The number of carbonyl (C=O) groups is 1. The Balaban J connectivity index is 1.71. The highest BCUT2D eigenvalue weighted by Crippen LogP contribution is 2.36. The van der Waals surface area contributed by atoms with Gasteiger partial charge in [-0.15, -0.1) is 0 Å². The smallest absolute Gasteiger partial charge is 0.272 e. The number of pyridine rings is 1. The molecule has 22 heavy (non-hydrogen) atoms. The van der Waals surface area contributed by atoms with E-state index < -0.39 is 0 Å². The molecule has 0 atom stereocenters. The molecule has 0 saturated heterocycles. The zero-order chi connectivity index (χ0) is 15.5. The molecule has 1 N–H and O–H groups in total. The maximum atomic E-state index is 11.9. The zero-order valence-corrected chi connectivity index (χ0v) is 14.2. The summed E-state index contributed by atoms with van der Waals surface area (Å²) in [7, 11) is 0. The van der Waals surface area contributed by atoms with E-state index in [1.807, 2.05) is 0 Å². The summed E-state index contributed by atoms with van der Waals surface area (Å²) >= 11 is 6.68. The van der Waals surface area contributed by atoms with Crippen LogP contribution < -0.4 is 14.9 Å². The molecule has 1 aliphatic rings. The quantitative estimate of drug-likeness (QED) is 0.604. The fourth-order valence-electron chi connectivity index (χ4n) is 1.79. The summed E-state index contributed by atoms with van der Waals surface area (Å²) in [5.41, 5.74) is 3.62. The monoisotopic (exact) mass is 425 g/mol. The second-order valence-corrected chi connectivity index (χ2v) is 6.09. The molecule has 1 aromatic heterocycles. The van der Waals surface area contributed by atoms with E-state index in [0.29, 0.717) is 17.1 Å². The van der Waals surface area contributed by atoms with Crippen LogP contribution in [0.2, 0.25) is 0 Å². The number of halogens is 2. The average Bonchev–Trinajstić information content (AvgIpc) is 2.94. The summed E-state index contributed by atoms with van der Waals surface area (Å²) in [6.07, 6.45) is 4.59. The molecule has 1 aliphatic heterocycles. The maximum Gasteiger partial charge on any atom is 0.272 e. The van der Waals surface area contributed by atoms with Gasteiger partial charge in [0.2, 0.25) is 6.79 Å². The van der Waals surface area contributed by atoms with E-state index in [2.05, 4.69) is 47.4 Å². The van der Waals surface area contributed by atoms with Gasteiger partial charge in [-0.25, -0.2) is 5.43 Å². The Morgan fingerprint density at radius 1 is 1.23 bits per heavy atom. The molecule has 0 unspecified atom stereocenters. The molecular formula is C14H9Br2N3O3. The minimum atomic E-state index is -0.345. The van der Waals surface area contributed by atoms with Crippen LogP contribution in [0, 0.1) is 0 Å². The van der Waals surface area contributed by atoms with Crippen molar-refractivity contribution >= 4 is 44.0 Å². The highest BCUT2D eigenvalue weighted by Gasteiger charge is 2.15. The minimum Gasteiger partial charge on any atom is -0.454 e. The topological polar surface area (TPSA) is 72.8 Å². The van der Waals surface area contributed by atoms with Gasteiger partial charge < -0.3 is 9.47 Å². The third kappa shape index (κ3) is 3.28. The van der Waals surface area contributed by atoms with Gasteiger partial charge in [-0.3, -0.25) is 9.78 Å². The molecule has 0 spiro atoms. The van der Waals surface area contributed by atoms with Crippen LogP contribution in [0.4, 0.5) is 0 Å². The molecule has 1 aromatic carbocycles. The fourth-order valence-corrected chi connectivity index (χ4v) is 2.58. The Bertz CT molecular complexity index is 765. The molecule has 0 radical (unpaired) electrons. The number of amides is 1. The first-order valence-electron chi connectivity index (χ1n) is 6.16. The predicted molar refractivity (Wildman–Crippen MR) is 87.3 cm³/mol. The van der Waals surface area contributed by atoms with Crippen molar-refractivity contribution in [2.45, 2.75) is 0 Å². The molecule has 1 amide bonds. The summed E-state index contributed by atoms with van der Waals surface area (Å²) < 4.78 is 12.1. The zero-order valence-electron chi connectivity index (χ0n) is 11.0. The summed E-state index contributed by atoms with van der Waals surface area (Å²) in [5, 5.41) is 3.94. The van der Waals surface area contributed by atoms with E-state index in [-0.39, 0.29) is 12.7 Å². The molecule has 0 aliphatic carbocycles. The van der Waals surface area contributed by atoms with Gasteiger partial charge in [0.1, 0.15) is 0 Å². The highest BCUT2D eigenvalue weighted by molar-refractivity contribution is 9.10. The molecule has 0 fully saturated rings. The van der Waals surface area contributed by atoms with Crippen LogP contribution in [0.3, 0.4) is 0 Å². The van der Waals surface area contributed by atoms with Crippen LogP contribution in [0.15, 0.2) is 44.6 Å². The van der Waals surface area contributed by atoms with Crippen molar-refractivity contribution in [1.29, 1.82) is 0 Å². The first kappa shape index (κ1) is 15.0. The number of carbonyl (C=O) groups excluding carboxylic acids is 1. The molecule has 2 heterocycles. The SMILES string of the molecule is O=C(N/N=C\c1cc2c(cc1Br)OCO2)c1cncc(Br)c1. The second-order valence-electron chi connectivity index (χ2n) is 4.32. The number of rotatable bonds is 3. The molecule has 6 nitrogen and oxygen atoms in total. The third-order valence-electron chi connectivity index (χ3n) is 2.83. The van der Waals surface area contributed by atoms with Gasteiger partial charge in [-0.2, -0.15) is 5.10 Å². The lowest BCUT2D eigenvalue weighted by Gasteiger charge is -2.02. The van der Waals surface area contributed by atoms with Gasteiger partial charge in [0, 0.05) is 26.9 Å². The Morgan fingerprint density at radius 3 is 2.77 bits per heavy atom.